The number of likely N-dealkylation sites (tertiary alicyclic amines) is 1. The lowest BCUT2D eigenvalue weighted by Gasteiger charge is -2.38. The van der Waals surface area contributed by atoms with Gasteiger partial charge in [-0.1, -0.05) is 23.7 Å². The number of hydrogen-bond acceptors (Lipinski definition) is 3. The molecule has 1 aromatic carbocycles. The molecular formula is C18H14ClF3N2O2. The summed E-state index contributed by atoms with van der Waals surface area (Å²) in [5.41, 5.74) is -0.105. The number of alkyl halides is 3. The summed E-state index contributed by atoms with van der Waals surface area (Å²) in [5.74, 6) is -0.703. The normalized spacial score (nSPS) is 15.2. The number of aromatic nitrogens is 1. The molecule has 0 aliphatic carbocycles. The minimum Gasteiger partial charge on any atom is -0.470 e. The predicted octanol–water partition coefficient (Wildman–Crippen LogP) is 4.06. The molecule has 2 aromatic rings. The van der Waals surface area contributed by atoms with Gasteiger partial charge in [0.15, 0.2) is 0 Å². The molecule has 26 heavy (non-hydrogen) atoms. The van der Waals surface area contributed by atoms with Crippen LogP contribution in [-0.2, 0) is 11.0 Å². The van der Waals surface area contributed by atoms with Crippen molar-refractivity contribution in [2.45, 2.75) is 12.3 Å². The van der Waals surface area contributed by atoms with Crippen LogP contribution < -0.4 is 4.74 Å². The van der Waals surface area contributed by atoms with Gasteiger partial charge in [0.1, 0.15) is 11.7 Å². The maximum absolute atomic E-state index is 12.9. The van der Waals surface area contributed by atoms with Crippen molar-refractivity contribution < 1.29 is 22.7 Å². The number of ether oxygens (including phenoxy) is 1. The molecule has 0 spiro atoms. The number of amides is 1. The number of hydrogen-bond donors (Lipinski definition) is 0. The number of rotatable bonds is 4. The first-order valence-electron chi connectivity index (χ1n) is 7.74. The molecule has 1 aromatic heterocycles. The zero-order valence-electron chi connectivity index (χ0n) is 13.4. The van der Waals surface area contributed by atoms with Crippen LogP contribution in [0.1, 0.15) is 11.1 Å². The lowest BCUT2D eigenvalue weighted by molar-refractivity contribution is -0.143. The molecule has 3 rings (SSSR count). The van der Waals surface area contributed by atoms with E-state index < -0.39 is 23.7 Å². The Balaban J connectivity index is 1.55. The maximum Gasteiger partial charge on any atom is 0.421 e. The van der Waals surface area contributed by atoms with Crippen LogP contribution in [-0.4, -0.2) is 35.0 Å². The topological polar surface area (TPSA) is 42.4 Å². The fourth-order valence-electron chi connectivity index (χ4n) is 2.40. The molecule has 0 N–H and O–H groups in total. The molecule has 0 saturated carbocycles. The second-order valence-electron chi connectivity index (χ2n) is 5.72. The Bertz CT molecular complexity index is 816. The smallest absolute Gasteiger partial charge is 0.421 e. The summed E-state index contributed by atoms with van der Waals surface area (Å²) in [6, 6.07) is 9.09. The van der Waals surface area contributed by atoms with Gasteiger partial charge < -0.3 is 9.64 Å². The van der Waals surface area contributed by atoms with Crippen molar-refractivity contribution in [1.29, 1.82) is 0 Å². The minimum atomic E-state index is -4.54. The van der Waals surface area contributed by atoms with E-state index in [9.17, 15) is 18.0 Å². The lowest BCUT2D eigenvalue weighted by Crippen LogP contribution is -2.55. The number of nitrogens with zero attached hydrogens (tertiary/aromatic N) is 2. The monoisotopic (exact) mass is 382 g/mol. The van der Waals surface area contributed by atoms with Crippen molar-refractivity contribution in [3.05, 3.63) is 64.8 Å². The van der Waals surface area contributed by atoms with Crippen LogP contribution in [0.4, 0.5) is 13.2 Å². The molecule has 0 atom stereocenters. The van der Waals surface area contributed by atoms with E-state index in [1.165, 1.54) is 23.2 Å². The van der Waals surface area contributed by atoms with Gasteiger partial charge in [0.25, 0.3) is 0 Å². The molecular weight excluding hydrogens is 369 g/mol. The van der Waals surface area contributed by atoms with Crippen LogP contribution in [0.25, 0.3) is 6.08 Å². The minimum absolute atomic E-state index is 0.206. The molecule has 1 aliphatic heterocycles. The van der Waals surface area contributed by atoms with Crippen LogP contribution >= 0.6 is 11.6 Å². The molecule has 1 aliphatic rings. The van der Waals surface area contributed by atoms with Crippen molar-refractivity contribution in [3.8, 4) is 5.88 Å². The Morgan fingerprint density at radius 3 is 2.58 bits per heavy atom. The quantitative estimate of drug-likeness (QED) is 0.749. The fourth-order valence-corrected chi connectivity index (χ4v) is 2.52. The van der Waals surface area contributed by atoms with Crippen LogP contribution in [0.3, 0.4) is 0 Å². The number of pyridine rings is 1. The second kappa shape index (κ2) is 7.37. The van der Waals surface area contributed by atoms with E-state index in [4.69, 9.17) is 16.3 Å². The van der Waals surface area contributed by atoms with Gasteiger partial charge in [-0.05, 0) is 35.9 Å². The summed E-state index contributed by atoms with van der Waals surface area (Å²) in [5, 5.41) is 0.601. The van der Waals surface area contributed by atoms with Crippen molar-refractivity contribution in [2.24, 2.45) is 0 Å². The molecule has 1 amide bonds. The van der Waals surface area contributed by atoms with E-state index in [2.05, 4.69) is 4.98 Å². The first-order chi connectivity index (χ1) is 12.3. The van der Waals surface area contributed by atoms with Gasteiger partial charge in [-0.2, -0.15) is 13.2 Å². The van der Waals surface area contributed by atoms with E-state index in [1.54, 1.807) is 30.3 Å². The molecule has 136 valence electrons. The Labute approximate surface area is 152 Å². The highest BCUT2D eigenvalue weighted by molar-refractivity contribution is 6.30. The third-order valence-corrected chi connectivity index (χ3v) is 4.05. The van der Waals surface area contributed by atoms with E-state index in [0.29, 0.717) is 5.02 Å². The molecule has 8 heteroatoms. The van der Waals surface area contributed by atoms with Gasteiger partial charge >= 0.3 is 6.18 Å². The number of benzene rings is 1. The highest BCUT2D eigenvalue weighted by Gasteiger charge is 2.38. The highest BCUT2D eigenvalue weighted by atomic mass is 35.5. The predicted molar refractivity (Wildman–Crippen MR) is 90.7 cm³/mol. The van der Waals surface area contributed by atoms with E-state index >= 15 is 0 Å². The third-order valence-electron chi connectivity index (χ3n) is 3.80. The van der Waals surface area contributed by atoms with Crippen molar-refractivity contribution in [3.63, 3.8) is 0 Å². The van der Waals surface area contributed by atoms with Crippen LogP contribution in [0, 0.1) is 0 Å². The lowest BCUT2D eigenvalue weighted by atomic mass is 10.1. The zero-order valence-corrected chi connectivity index (χ0v) is 14.2. The van der Waals surface area contributed by atoms with E-state index in [0.717, 1.165) is 11.6 Å². The summed E-state index contributed by atoms with van der Waals surface area (Å²) in [7, 11) is 0. The molecule has 0 radical (unpaired) electrons. The fraction of sp³-hybridized carbons (Fsp3) is 0.222. The third kappa shape index (κ3) is 4.35. The molecule has 1 fully saturated rings. The van der Waals surface area contributed by atoms with Crippen molar-refractivity contribution in [2.75, 3.05) is 13.1 Å². The first kappa shape index (κ1) is 18.3. The SMILES string of the molecule is O=C(/C=C/c1ccc(Cl)cc1)N1CC(Oc2ncccc2C(F)(F)F)C1. The average molecular weight is 383 g/mol. The van der Waals surface area contributed by atoms with Gasteiger partial charge in [0, 0.05) is 17.3 Å². The maximum atomic E-state index is 12.9. The van der Waals surface area contributed by atoms with Crippen LogP contribution in [0.5, 0.6) is 5.88 Å². The number of carbonyl (C=O) groups excluding carboxylic acids is 1. The van der Waals surface area contributed by atoms with Crippen LogP contribution in [0.15, 0.2) is 48.7 Å². The van der Waals surface area contributed by atoms with Crippen molar-refractivity contribution >= 4 is 23.6 Å². The highest BCUT2D eigenvalue weighted by Crippen LogP contribution is 2.35. The van der Waals surface area contributed by atoms with E-state index in [-0.39, 0.29) is 19.0 Å². The molecule has 2 heterocycles. The summed E-state index contributed by atoms with van der Waals surface area (Å²) in [4.78, 5) is 17.2. The van der Waals surface area contributed by atoms with E-state index in [1.807, 2.05) is 0 Å². The molecule has 4 nitrogen and oxygen atoms in total. The average Bonchev–Trinajstić information content (AvgIpc) is 2.56. The Kier molecular flexibility index (Phi) is 5.18. The molecule has 1 saturated heterocycles. The summed E-state index contributed by atoms with van der Waals surface area (Å²) >= 11 is 5.79. The molecule has 0 bridgehead atoms. The van der Waals surface area contributed by atoms with Crippen molar-refractivity contribution in [1.82, 2.24) is 9.88 Å². The first-order valence-corrected chi connectivity index (χ1v) is 8.12. The zero-order chi connectivity index (χ0) is 18.7. The van der Waals surface area contributed by atoms with Gasteiger partial charge in [-0.3, -0.25) is 4.79 Å². The second-order valence-corrected chi connectivity index (χ2v) is 6.16. The Morgan fingerprint density at radius 2 is 1.92 bits per heavy atom. The van der Waals surface area contributed by atoms with Gasteiger partial charge in [0.05, 0.1) is 13.1 Å². The van der Waals surface area contributed by atoms with Gasteiger partial charge in [0.2, 0.25) is 11.8 Å². The Hall–Kier alpha value is -2.54. The summed E-state index contributed by atoms with van der Waals surface area (Å²) in [6.07, 6.45) is -0.765. The summed E-state index contributed by atoms with van der Waals surface area (Å²) < 4.78 is 44.0. The largest absolute Gasteiger partial charge is 0.470 e. The Morgan fingerprint density at radius 1 is 1.23 bits per heavy atom. The standard InChI is InChI=1S/C18H14ClF3N2O2/c19-13-6-3-12(4-7-13)5-8-16(25)24-10-14(11-24)26-17-15(18(20,21)22)2-1-9-23-17/h1-9,14H,10-11H2/b8-5+. The summed E-state index contributed by atoms with van der Waals surface area (Å²) in [6.45, 7) is 0.412. The number of carbonyl (C=O) groups is 1. The number of halogens is 4. The van der Waals surface area contributed by atoms with Gasteiger partial charge in [-0.25, -0.2) is 4.98 Å². The van der Waals surface area contributed by atoms with Gasteiger partial charge in [-0.15, -0.1) is 0 Å². The molecule has 0 unspecified atom stereocenters. The van der Waals surface area contributed by atoms with Crippen LogP contribution in [0.2, 0.25) is 5.02 Å².